The summed E-state index contributed by atoms with van der Waals surface area (Å²) in [5.41, 5.74) is 0.219. The van der Waals surface area contributed by atoms with Gasteiger partial charge in [0.2, 0.25) is 0 Å². The Hall–Kier alpha value is -2.40. The van der Waals surface area contributed by atoms with Crippen molar-refractivity contribution in [1.82, 2.24) is 0 Å². The molecule has 0 aromatic heterocycles. The SMILES string of the molecule is CCOc1ccccc1C(=O)c1cc([N+](=O)[O-])ccc1Cl. The fourth-order valence-corrected chi connectivity index (χ4v) is 2.08. The third-order valence-corrected chi connectivity index (χ3v) is 3.17. The van der Waals surface area contributed by atoms with Gasteiger partial charge in [-0.15, -0.1) is 0 Å². The molecule has 21 heavy (non-hydrogen) atoms. The first-order valence-corrected chi connectivity index (χ1v) is 6.63. The van der Waals surface area contributed by atoms with Gasteiger partial charge in [0.25, 0.3) is 5.69 Å². The molecule has 0 unspecified atom stereocenters. The number of nitro benzene ring substituents is 1. The van der Waals surface area contributed by atoms with Crippen LogP contribution >= 0.6 is 11.6 Å². The first-order chi connectivity index (χ1) is 10.0. The van der Waals surface area contributed by atoms with E-state index < -0.39 is 10.7 Å². The molecule has 0 amide bonds. The van der Waals surface area contributed by atoms with Crippen molar-refractivity contribution in [3.05, 3.63) is 68.7 Å². The first kappa shape index (κ1) is 15.0. The normalized spacial score (nSPS) is 10.2. The van der Waals surface area contributed by atoms with Gasteiger partial charge in [0, 0.05) is 17.7 Å². The Morgan fingerprint density at radius 2 is 1.95 bits per heavy atom. The highest BCUT2D eigenvalue weighted by molar-refractivity contribution is 6.35. The fraction of sp³-hybridized carbons (Fsp3) is 0.133. The molecule has 0 heterocycles. The van der Waals surface area contributed by atoms with E-state index >= 15 is 0 Å². The number of nitrogens with zero attached hydrogens (tertiary/aromatic N) is 1. The first-order valence-electron chi connectivity index (χ1n) is 6.25. The molecule has 0 fully saturated rings. The Bertz CT molecular complexity index is 700. The minimum Gasteiger partial charge on any atom is -0.493 e. The molecule has 0 aliphatic carbocycles. The molecule has 0 N–H and O–H groups in total. The number of non-ortho nitro benzene ring substituents is 1. The highest BCUT2D eigenvalue weighted by Crippen LogP contribution is 2.28. The van der Waals surface area contributed by atoms with Crippen LogP contribution in [0.5, 0.6) is 5.75 Å². The highest BCUT2D eigenvalue weighted by atomic mass is 35.5. The molecular weight excluding hydrogens is 294 g/mol. The average Bonchev–Trinajstić information content (AvgIpc) is 2.47. The zero-order chi connectivity index (χ0) is 15.4. The maximum absolute atomic E-state index is 12.6. The molecule has 0 aliphatic heterocycles. The summed E-state index contributed by atoms with van der Waals surface area (Å²) in [4.78, 5) is 22.8. The van der Waals surface area contributed by atoms with Crippen molar-refractivity contribution in [2.75, 3.05) is 6.61 Å². The summed E-state index contributed by atoms with van der Waals surface area (Å²) >= 11 is 5.99. The number of carbonyl (C=O) groups is 1. The summed E-state index contributed by atoms with van der Waals surface area (Å²) in [5.74, 6) is 0.0142. The summed E-state index contributed by atoms with van der Waals surface area (Å²) in [7, 11) is 0. The molecule has 0 saturated heterocycles. The standard InChI is InChI=1S/C15H12ClNO4/c1-2-21-14-6-4-3-5-11(14)15(18)12-9-10(17(19)20)7-8-13(12)16/h3-9H,2H2,1H3. The van der Waals surface area contributed by atoms with Gasteiger partial charge in [0.05, 0.1) is 22.1 Å². The number of hydrogen-bond donors (Lipinski definition) is 0. The van der Waals surface area contributed by atoms with Gasteiger partial charge in [0.1, 0.15) is 5.75 Å². The minimum absolute atomic E-state index is 0.0815. The van der Waals surface area contributed by atoms with Crippen molar-refractivity contribution in [2.45, 2.75) is 6.92 Å². The van der Waals surface area contributed by atoms with Crippen LogP contribution in [-0.2, 0) is 0 Å². The molecule has 2 aromatic rings. The lowest BCUT2D eigenvalue weighted by molar-refractivity contribution is -0.384. The summed E-state index contributed by atoms with van der Waals surface area (Å²) in [5, 5.41) is 11.0. The Morgan fingerprint density at radius 1 is 1.24 bits per heavy atom. The summed E-state index contributed by atoms with van der Waals surface area (Å²) in [6.45, 7) is 2.22. The number of para-hydroxylation sites is 1. The number of hydrogen-bond acceptors (Lipinski definition) is 4. The van der Waals surface area contributed by atoms with E-state index in [1.54, 1.807) is 24.3 Å². The van der Waals surface area contributed by atoms with Crippen molar-refractivity contribution in [3.8, 4) is 5.75 Å². The van der Waals surface area contributed by atoms with Gasteiger partial charge in [-0.2, -0.15) is 0 Å². The quantitative estimate of drug-likeness (QED) is 0.477. The van der Waals surface area contributed by atoms with Crippen LogP contribution in [0.25, 0.3) is 0 Å². The maximum Gasteiger partial charge on any atom is 0.270 e. The number of ketones is 1. The van der Waals surface area contributed by atoms with Gasteiger partial charge >= 0.3 is 0 Å². The van der Waals surface area contributed by atoms with E-state index in [9.17, 15) is 14.9 Å². The van der Waals surface area contributed by atoms with Crippen LogP contribution in [0.2, 0.25) is 5.02 Å². The molecule has 0 bridgehead atoms. The van der Waals surface area contributed by atoms with E-state index in [1.807, 2.05) is 6.92 Å². The third kappa shape index (κ3) is 3.20. The monoisotopic (exact) mass is 305 g/mol. The minimum atomic E-state index is -0.568. The Morgan fingerprint density at radius 3 is 2.62 bits per heavy atom. The molecule has 108 valence electrons. The van der Waals surface area contributed by atoms with E-state index in [4.69, 9.17) is 16.3 Å². The third-order valence-electron chi connectivity index (χ3n) is 2.84. The number of nitro groups is 1. The summed E-state index contributed by atoms with van der Waals surface area (Å²) in [6, 6.07) is 10.5. The molecule has 0 atom stereocenters. The molecule has 6 heteroatoms. The number of carbonyl (C=O) groups excluding carboxylic acids is 1. The Balaban J connectivity index is 2.50. The van der Waals surface area contributed by atoms with Gasteiger partial charge in [-0.05, 0) is 25.1 Å². The van der Waals surface area contributed by atoms with E-state index in [0.29, 0.717) is 17.9 Å². The van der Waals surface area contributed by atoms with Crippen LogP contribution in [0.3, 0.4) is 0 Å². The molecule has 2 aromatic carbocycles. The van der Waals surface area contributed by atoms with Crippen LogP contribution in [-0.4, -0.2) is 17.3 Å². The topological polar surface area (TPSA) is 69.4 Å². The fourth-order valence-electron chi connectivity index (χ4n) is 1.88. The van der Waals surface area contributed by atoms with Crippen LogP contribution < -0.4 is 4.74 Å². The summed E-state index contributed by atoms with van der Waals surface area (Å²) in [6.07, 6.45) is 0. The summed E-state index contributed by atoms with van der Waals surface area (Å²) < 4.78 is 5.40. The molecule has 0 aliphatic rings. The molecular formula is C15H12ClNO4. The van der Waals surface area contributed by atoms with E-state index in [-0.39, 0.29) is 16.3 Å². The number of rotatable bonds is 5. The lowest BCUT2D eigenvalue weighted by Gasteiger charge is -2.09. The molecule has 0 spiro atoms. The van der Waals surface area contributed by atoms with Crippen molar-refractivity contribution < 1.29 is 14.5 Å². The predicted octanol–water partition coefficient (Wildman–Crippen LogP) is 3.88. The van der Waals surface area contributed by atoms with E-state index in [2.05, 4.69) is 0 Å². The van der Waals surface area contributed by atoms with Crippen LogP contribution in [0.4, 0.5) is 5.69 Å². The van der Waals surface area contributed by atoms with E-state index in [0.717, 1.165) is 0 Å². The van der Waals surface area contributed by atoms with Crippen molar-refractivity contribution in [3.63, 3.8) is 0 Å². The number of ether oxygens (including phenoxy) is 1. The lowest BCUT2D eigenvalue weighted by Crippen LogP contribution is -2.06. The largest absolute Gasteiger partial charge is 0.493 e. The Labute approximate surface area is 126 Å². The molecule has 0 saturated carbocycles. The highest BCUT2D eigenvalue weighted by Gasteiger charge is 2.20. The predicted molar refractivity (Wildman–Crippen MR) is 79.1 cm³/mol. The van der Waals surface area contributed by atoms with Gasteiger partial charge in [-0.3, -0.25) is 14.9 Å². The second kappa shape index (κ2) is 6.37. The second-order valence-electron chi connectivity index (χ2n) is 4.18. The number of benzene rings is 2. The van der Waals surface area contributed by atoms with Crippen molar-refractivity contribution in [1.29, 1.82) is 0 Å². The molecule has 2 rings (SSSR count). The zero-order valence-electron chi connectivity index (χ0n) is 11.2. The lowest BCUT2D eigenvalue weighted by atomic mass is 10.0. The second-order valence-corrected chi connectivity index (χ2v) is 4.59. The van der Waals surface area contributed by atoms with Gasteiger partial charge in [-0.1, -0.05) is 23.7 Å². The van der Waals surface area contributed by atoms with Crippen molar-refractivity contribution >= 4 is 23.1 Å². The Kier molecular flexibility index (Phi) is 4.55. The van der Waals surface area contributed by atoms with Crippen molar-refractivity contribution in [2.24, 2.45) is 0 Å². The van der Waals surface area contributed by atoms with Gasteiger partial charge < -0.3 is 4.74 Å². The van der Waals surface area contributed by atoms with Crippen LogP contribution in [0.15, 0.2) is 42.5 Å². The van der Waals surface area contributed by atoms with E-state index in [1.165, 1.54) is 18.2 Å². The van der Waals surface area contributed by atoms with Gasteiger partial charge in [-0.25, -0.2) is 0 Å². The molecule has 5 nitrogen and oxygen atoms in total. The zero-order valence-corrected chi connectivity index (χ0v) is 12.0. The van der Waals surface area contributed by atoms with Crippen LogP contribution in [0.1, 0.15) is 22.8 Å². The average molecular weight is 306 g/mol. The molecule has 0 radical (unpaired) electrons. The smallest absolute Gasteiger partial charge is 0.270 e. The van der Waals surface area contributed by atoms with Crippen LogP contribution in [0, 0.1) is 10.1 Å². The number of halogens is 1. The van der Waals surface area contributed by atoms with Gasteiger partial charge in [0.15, 0.2) is 5.78 Å². The maximum atomic E-state index is 12.6.